The number of nitrogens with one attached hydrogen (secondary N) is 1. The quantitative estimate of drug-likeness (QED) is 0.802. The van der Waals surface area contributed by atoms with Crippen LogP contribution in [0, 0.1) is 0 Å². The first kappa shape index (κ1) is 15.5. The highest BCUT2D eigenvalue weighted by Gasteiger charge is 2.18. The largest absolute Gasteiger partial charge is 0.483 e. The zero-order valence-corrected chi connectivity index (χ0v) is 12.2. The zero-order chi connectivity index (χ0) is 14.3. The predicted molar refractivity (Wildman–Crippen MR) is 75.5 cm³/mol. The first-order valence-electron chi connectivity index (χ1n) is 6.43. The molecule has 1 rings (SSSR count). The lowest BCUT2D eigenvalue weighted by Gasteiger charge is -2.22. The number of rotatable bonds is 6. The molecule has 106 valence electrons. The average molecular weight is 265 g/mol. The number of methoxy groups -OCH3 is 1. The topological polar surface area (TPSA) is 47.6 Å². The van der Waals surface area contributed by atoms with Crippen LogP contribution >= 0.6 is 0 Å². The third-order valence-electron chi connectivity index (χ3n) is 2.68. The van der Waals surface area contributed by atoms with Crippen LogP contribution in [-0.4, -0.2) is 32.8 Å². The molecule has 1 N–H and O–H groups in total. The molecule has 0 aliphatic carbocycles. The van der Waals surface area contributed by atoms with Gasteiger partial charge < -0.3 is 14.8 Å². The summed E-state index contributed by atoms with van der Waals surface area (Å²) in [4.78, 5) is 11.6. The van der Waals surface area contributed by atoms with Gasteiger partial charge in [-0.1, -0.05) is 39.0 Å². The normalized spacial score (nSPS) is 11.2. The summed E-state index contributed by atoms with van der Waals surface area (Å²) < 4.78 is 10.5. The average Bonchev–Trinajstić information content (AvgIpc) is 2.36. The van der Waals surface area contributed by atoms with Gasteiger partial charge in [0.05, 0.1) is 6.61 Å². The van der Waals surface area contributed by atoms with E-state index in [9.17, 15) is 4.79 Å². The molecule has 0 bridgehead atoms. The third-order valence-corrected chi connectivity index (χ3v) is 2.68. The minimum Gasteiger partial charge on any atom is -0.483 e. The molecule has 0 aromatic heterocycles. The van der Waals surface area contributed by atoms with Crippen LogP contribution in [0.3, 0.4) is 0 Å². The minimum atomic E-state index is -0.138. The van der Waals surface area contributed by atoms with Crippen molar-refractivity contribution >= 4 is 5.91 Å². The number of hydrogen-bond acceptors (Lipinski definition) is 3. The second-order valence-electron chi connectivity index (χ2n) is 5.38. The molecular formula is C15H23NO3. The molecule has 1 aromatic rings. The predicted octanol–water partition coefficient (Wildman–Crippen LogP) is 2.13. The third kappa shape index (κ3) is 5.30. The van der Waals surface area contributed by atoms with Crippen molar-refractivity contribution < 1.29 is 14.3 Å². The molecule has 4 nitrogen and oxygen atoms in total. The van der Waals surface area contributed by atoms with E-state index in [4.69, 9.17) is 9.47 Å². The second kappa shape index (κ2) is 7.14. The van der Waals surface area contributed by atoms with Crippen LogP contribution in [0.25, 0.3) is 0 Å². The fraction of sp³-hybridized carbons (Fsp3) is 0.533. The molecule has 1 aromatic carbocycles. The summed E-state index contributed by atoms with van der Waals surface area (Å²) in [6.45, 7) is 7.39. The summed E-state index contributed by atoms with van der Waals surface area (Å²) >= 11 is 0. The molecule has 0 saturated carbocycles. The summed E-state index contributed by atoms with van der Waals surface area (Å²) in [5.41, 5.74) is 1.09. The fourth-order valence-electron chi connectivity index (χ4n) is 1.70. The molecule has 0 aliphatic heterocycles. The Balaban J connectivity index is 2.56. The van der Waals surface area contributed by atoms with E-state index in [1.807, 2.05) is 24.3 Å². The van der Waals surface area contributed by atoms with Gasteiger partial charge >= 0.3 is 0 Å². The number of para-hydroxylation sites is 1. The van der Waals surface area contributed by atoms with Crippen LogP contribution in [0.2, 0.25) is 0 Å². The van der Waals surface area contributed by atoms with E-state index in [0.29, 0.717) is 13.2 Å². The van der Waals surface area contributed by atoms with Crippen LogP contribution in [0.5, 0.6) is 5.75 Å². The Hall–Kier alpha value is -1.55. The van der Waals surface area contributed by atoms with E-state index < -0.39 is 0 Å². The number of amides is 1. The van der Waals surface area contributed by atoms with Crippen LogP contribution < -0.4 is 10.1 Å². The Labute approximate surface area is 115 Å². The maximum absolute atomic E-state index is 11.6. The van der Waals surface area contributed by atoms with Crippen molar-refractivity contribution in [3.63, 3.8) is 0 Å². The van der Waals surface area contributed by atoms with Crippen molar-refractivity contribution in [3.05, 3.63) is 29.8 Å². The van der Waals surface area contributed by atoms with Gasteiger partial charge in [-0.25, -0.2) is 0 Å². The van der Waals surface area contributed by atoms with Gasteiger partial charge in [0.1, 0.15) is 5.75 Å². The Bertz CT molecular complexity index is 410. The summed E-state index contributed by atoms with van der Waals surface area (Å²) in [6.07, 6.45) is 0. The molecular weight excluding hydrogens is 242 g/mol. The first-order chi connectivity index (χ1) is 8.95. The highest BCUT2D eigenvalue weighted by molar-refractivity contribution is 5.77. The highest BCUT2D eigenvalue weighted by atomic mass is 16.5. The number of carbonyl (C=O) groups excluding carboxylic acids is 1. The molecule has 0 saturated heterocycles. The molecule has 0 fully saturated rings. The van der Waals surface area contributed by atoms with Crippen LogP contribution in [0.4, 0.5) is 0 Å². The van der Waals surface area contributed by atoms with Crippen LogP contribution in [-0.2, 0) is 14.9 Å². The molecule has 0 spiro atoms. The number of benzene rings is 1. The summed E-state index contributed by atoms with van der Waals surface area (Å²) in [5, 5.41) is 2.72. The van der Waals surface area contributed by atoms with E-state index in [-0.39, 0.29) is 17.9 Å². The first-order valence-corrected chi connectivity index (χ1v) is 6.43. The molecule has 0 heterocycles. The second-order valence-corrected chi connectivity index (χ2v) is 5.38. The smallest absolute Gasteiger partial charge is 0.258 e. The fourth-order valence-corrected chi connectivity index (χ4v) is 1.70. The van der Waals surface area contributed by atoms with E-state index >= 15 is 0 Å². The van der Waals surface area contributed by atoms with E-state index in [0.717, 1.165) is 11.3 Å². The highest BCUT2D eigenvalue weighted by Crippen LogP contribution is 2.30. The van der Waals surface area contributed by atoms with Crippen molar-refractivity contribution in [1.29, 1.82) is 0 Å². The monoisotopic (exact) mass is 265 g/mol. The SMILES string of the molecule is COCCNC(=O)COc1ccccc1C(C)(C)C. The van der Waals surface area contributed by atoms with Crippen molar-refractivity contribution in [2.75, 3.05) is 26.9 Å². The van der Waals surface area contributed by atoms with Crippen LogP contribution in [0.1, 0.15) is 26.3 Å². The Kier molecular flexibility index (Phi) is 5.83. The lowest BCUT2D eigenvalue weighted by molar-refractivity contribution is -0.123. The molecule has 0 unspecified atom stereocenters. The number of carbonyl (C=O) groups is 1. The molecule has 0 radical (unpaired) electrons. The van der Waals surface area contributed by atoms with Crippen LogP contribution in [0.15, 0.2) is 24.3 Å². The van der Waals surface area contributed by atoms with E-state index in [1.165, 1.54) is 0 Å². The maximum Gasteiger partial charge on any atom is 0.258 e. The van der Waals surface area contributed by atoms with Gasteiger partial charge in [-0.05, 0) is 17.0 Å². The zero-order valence-electron chi connectivity index (χ0n) is 12.2. The van der Waals surface area contributed by atoms with Gasteiger partial charge in [0.25, 0.3) is 5.91 Å². The van der Waals surface area contributed by atoms with Gasteiger partial charge in [-0.2, -0.15) is 0 Å². The number of hydrogen-bond donors (Lipinski definition) is 1. The summed E-state index contributed by atoms with van der Waals surface area (Å²) in [6, 6.07) is 7.81. The number of ether oxygens (including phenoxy) is 2. The van der Waals surface area contributed by atoms with E-state index in [1.54, 1.807) is 7.11 Å². The van der Waals surface area contributed by atoms with Crippen molar-refractivity contribution in [3.8, 4) is 5.75 Å². The van der Waals surface area contributed by atoms with Gasteiger partial charge in [0, 0.05) is 13.7 Å². The lowest BCUT2D eigenvalue weighted by atomic mass is 9.86. The Morgan fingerprint density at radius 2 is 1.95 bits per heavy atom. The van der Waals surface area contributed by atoms with Gasteiger partial charge in [-0.15, -0.1) is 0 Å². The van der Waals surface area contributed by atoms with Gasteiger partial charge in [-0.3, -0.25) is 4.79 Å². The molecule has 0 atom stereocenters. The molecule has 0 aliphatic rings. The lowest BCUT2D eigenvalue weighted by Crippen LogP contribution is -2.31. The Morgan fingerprint density at radius 1 is 1.26 bits per heavy atom. The van der Waals surface area contributed by atoms with Crippen molar-refractivity contribution in [2.45, 2.75) is 26.2 Å². The van der Waals surface area contributed by atoms with E-state index in [2.05, 4.69) is 26.1 Å². The molecule has 4 heteroatoms. The van der Waals surface area contributed by atoms with Gasteiger partial charge in [0.15, 0.2) is 6.61 Å². The van der Waals surface area contributed by atoms with Gasteiger partial charge in [0.2, 0.25) is 0 Å². The molecule has 19 heavy (non-hydrogen) atoms. The minimum absolute atomic E-state index is 0.0108. The maximum atomic E-state index is 11.6. The summed E-state index contributed by atoms with van der Waals surface area (Å²) in [5.74, 6) is 0.623. The van der Waals surface area contributed by atoms with Crippen molar-refractivity contribution in [1.82, 2.24) is 5.32 Å². The van der Waals surface area contributed by atoms with Crippen molar-refractivity contribution in [2.24, 2.45) is 0 Å². The Morgan fingerprint density at radius 3 is 2.58 bits per heavy atom. The summed E-state index contributed by atoms with van der Waals surface area (Å²) in [7, 11) is 1.60. The molecule has 1 amide bonds. The standard InChI is InChI=1S/C15H23NO3/c1-15(2,3)12-7-5-6-8-13(12)19-11-14(17)16-9-10-18-4/h5-8H,9-11H2,1-4H3,(H,16,17).